The zero-order valence-corrected chi connectivity index (χ0v) is 10.7. The summed E-state index contributed by atoms with van der Waals surface area (Å²) in [4.78, 5) is 22.6. The van der Waals surface area contributed by atoms with Crippen LogP contribution in [-0.2, 0) is 23.8 Å². The van der Waals surface area contributed by atoms with Gasteiger partial charge in [-0.15, -0.1) is 0 Å². The van der Waals surface area contributed by atoms with Crippen LogP contribution in [0.2, 0.25) is 0 Å². The topological polar surface area (TPSA) is 61.8 Å². The summed E-state index contributed by atoms with van der Waals surface area (Å²) in [5, 5.41) is 0. The molecule has 4 bridgehead atoms. The zero-order valence-electron chi connectivity index (χ0n) is 10.7. The predicted molar refractivity (Wildman–Crippen MR) is 60.7 cm³/mol. The lowest BCUT2D eigenvalue weighted by Crippen LogP contribution is -2.65. The molecule has 2 aliphatic heterocycles. The fourth-order valence-electron chi connectivity index (χ4n) is 4.16. The second-order valence-corrected chi connectivity index (χ2v) is 5.93. The molecule has 0 aromatic heterocycles. The molecule has 18 heavy (non-hydrogen) atoms. The molecule has 0 unspecified atom stereocenters. The van der Waals surface area contributed by atoms with Crippen molar-refractivity contribution in [1.82, 2.24) is 0 Å². The van der Waals surface area contributed by atoms with Gasteiger partial charge in [0.2, 0.25) is 0 Å². The quantitative estimate of drug-likeness (QED) is 0.696. The highest BCUT2D eigenvalue weighted by molar-refractivity contribution is 5.67. The van der Waals surface area contributed by atoms with E-state index in [1.165, 1.54) is 13.8 Å². The number of esters is 2. The molecule has 0 spiro atoms. The van der Waals surface area contributed by atoms with Crippen LogP contribution in [0, 0.1) is 0 Å². The zero-order chi connectivity index (χ0) is 13.0. The summed E-state index contributed by atoms with van der Waals surface area (Å²) in [7, 11) is 0. The number of carbonyl (C=O) groups is 2. The first-order chi connectivity index (χ1) is 8.40. The summed E-state index contributed by atoms with van der Waals surface area (Å²) in [6.07, 6.45) is 3.63. The molecule has 0 aromatic carbocycles. The first-order valence-electron chi connectivity index (χ1n) is 6.45. The number of ether oxygens (including phenoxy) is 3. The van der Waals surface area contributed by atoms with E-state index in [0.717, 1.165) is 25.7 Å². The SMILES string of the molecule is CC(=O)OC12CC3CC(OC(C)=O)(CC(C1)O3)C2. The first-order valence-corrected chi connectivity index (χ1v) is 6.45. The Morgan fingerprint density at radius 3 is 1.67 bits per heavy atom. The van der Waals surface area contributed by atoms with E-state index < -0.39 is 11.2 Å². The lowest BCUT2D eigenvalue weighted by atomic mass is 9.62. The standard InChI is InChI=1S/C13H18O5/c1-8(14)17-12-3-10-5-13(7-12,18-9(2)15)6-11(4-12)16-10/h10-11H,3-7H2,1-2H3. The summed E-state index contributed by atoms with van der Waals surface area (Å²) < 4.78 is 16.9. The Morgan fingerprint density at radius 2 is 1.33 bits per heavy atom. The highest BCUT2D eigenvalue weighted by Crippen LogP contribution is 2.55. The van der Waals surface area contributed by atoms with Crippen molar-refractivity contribution in [3.8, 4) is 0 Å². The Bertz CT molecular complexity index is 354. The van der Waals surface area contributed by atoms with E-state index in [2.05, 4.69) is 0 Å². The monoisotopic (exact) mass is 254 g/mol. The minimum absolute atomic E-state index is 0.0462. The van der Waals surface area contributed by atoms with Gasteiger partial charge in [0.15, 0.2) is 0 Å². The van der Waals surface area contributed by atoms with Gasteiger partial charge >= 0.3 is 11.9 Å². The molecule has 2 aliphatic carbocycles. The van der Waals surface area contributed by atoms with E-state index in [0.29, 0.717) is 6.42 Å². The normalized spacial score (nSPS) is 44.8. The number of rotatable bonds is 2. The van der Waals surface area contributed by atoms with Crippen LogP contribution in [0.25, 0.3) is 0 Å². The summed E-state index contributed by atoms with van der Waals surface area (Å²) in [5.74, 6) is -0.537. The fraction of sp³-hybridized carbons (Fsp3) is 0.846. The van der Waals surface area contributed by atoms with Crippen molar-refractivity contribution in [1.29, 1.82) is 0 Å². The molecule has 5 heteroatoms. The van der Waals surface area contributed by atoms with E-state index in [9.17, 15) is 9.59 Å². The van der Waals surface area contributed by atoms with Crippen molar-refractivity contribution in [2.45, 2.75) is 69.4 Å². The van der Waals surface area contributed by atoms with Gasteiger partial charge in [0.25, 0.3) is 0 Å². The van der Waals surface area contributed by atoms with Gasteiger partial charge in [-0.25, -0.2) is 0 Å². The van der Waals surface area contributed by atoms with Crippen LogP contribution in [0.4, 0.5) is 0 Å². The Morgan fingerprint density at radius 1 is 0.944 bits per heavy atom. The number of hydrogen-bond acceptors (Lipinski definition) is 5. The van der Waals surface area contributed by atoms with Gasteiger partial charge in [-0.05, 0) is 0 Å². The van der Waals surface area contributed by atoms with Crippen molar-refractivity contribution < 1.29 is 23.8 Å². The minimum Gasteiger partial charge on any atom is -0.459 e. The summed E-state index contributed by atoms with van der Waals surface area (Å²) >= 11 is 0. The maximum atomic E-state index is 11.3. The maximum absolute atomic E-state index is 11.3. The van der Waals surface area contributed by atoms with Crippen LogP contribution in [0.15, 0.2) is 0 Å². The number of carbonyl (C=O) groups excluding carboxylic acids is 2. The molecule has 100 valence electrons. The molecule has 2 saturated heterocycles. The molecule has 0 radical (unpaired) electrons. The molecule has 2 heterocycles. The van der Waals surface area contributed by atoms with E-state index in [1.54, 1.807) is 0 Å². The van der Waals surface area contributed by atoms with Crippen molar-refractivity contribution in [3.63, 3.8) is 0 Å². The summed E-state index contributed by atoms with van der Waals surface area (Å²) in [6, 6.07) is 0. The minimum atomic E-state index is -0.481. The van der Waals surface area contributed by atoms with Gasteiger partial charge in [-0.3, -0.25) is 9.59 Å². The highest BCUT2D eigenvalue weighted by Gasteiger charge is 2.62. The maximum Gasteiger partial charge on any atom is 0.303 e. The predicted octanol–water partition coefficient (Wildman–Crippen LogP) is 1.34. The van der Waals surface area contributed by atoms with Gasteiger partial charge in [0.1, 0.15) is 11.2 Å². The third-order valence-corrected chi connectivity index (χ3v) is 4.15. The van der Waals surface area contributed by atoms with Crippen LogP contribution >= 0.6 is 0 Å². The Kier molecular flexibility index (Phi) is 2.46. The third kappa shape index (κ3) is 1.90. The third-order valence-electron chi connectivity index (χ3n) is 4.15. The van der Waals surface area contributed by atoms with Crippen LogP contribution in [0.5, 0.6) is 0 Å². The molecular weight excluding hydrogens is 236 g/mol. The van der Waals surface area contributed by atoms with Crippen LogP contribution in [0.1, 0.15) is 46.0 Å². The average molecular weight is 254 g/mol. The van der Waals surface area contributed by atoms with Gasteiger partial charge < -0.3 is 14.2 Å². The second-order valence-electron chi connectivity index (χ2n) is 5.93. The summed E-state index contributed by atoms with van der Waals surface area (Å²) in [5.41, 5.74) is -0.962. The average Bonchev–Trinajstić information content (AvgIpc) is 2.08. The van der Waals surface area contributed by atoms with Gasteiger partial charge in [0.05, 0.1) is 12.2 Å². The first kappa shape index (κ1) is 12.0. The molecule has 0 amide bonds. The van der Waals surface area contributed by atoms with Crippen LogP contribution in [0.3, 0.4) is 0 Å². The molecule has 4 rings (SSSR count). The lowest BCUT2D eigenvalue weighted by molar-refractivity contribution is -0.278. The molecule has 2 saturated carbocycles. The molecule has 4 aliphatic rings. The molecule has 0 N–H and O–H groups in total. The molecule has 4 fully saturated rings. The van der Waals surface area contributed by atoms with Crippen molar-refractivity contribution in [2.24, 2.45) is 0 Å². The van der Waals surface area contributed by atoms with Gasteiger partial charge in [-0.2, -0.15) is 0 Å². The van der Waals surface area contributed by atoms with Crippen LogP contribution in [-0.4, -0.2) is 35.3 Å². The fourth-order valence-corrected chi connectivity index (χ4v) is 4.16. The Hall–Kier alpha value is -1.10. The lowest BCUT2D eigenvalue weighted by Gasteiger charge is -2.59. The van der Waals surface area contributed by atoms with Gasteiger partial charge in [0, 0.05) is 46.0 Å². The molecule has 0 atom stereocenters. The molecule has 0 aromatic rings. The van der Waals surface area contributed by atoms with Crippen molar-refractivity contribution in [2.75, 3.05) is 0 Å². The van der Waals surface area contributed by atoms with Crippen molar-refractivity contribution >= 4 is 11.9 Å². The number of hydrogen-bond donors (Lipinski definition) is 0. The molecular formula is C13H18O5. The van der Waals surface area contributed by atoms with Crippen molar-refractivity contribution in [3.05, 3.63) is 0 Å². The van der Waals surface area contributed by atoms with E-state index in [1.807, 2.05) is 0 Å². The van der Waals surface area contributed by atoms with E-state index in [-0.39, 0.29) is 24.1 Å². The second kappa shape index (κ2) is 3.70. The smallest absolute Gasteiger partial charge is 0.303 e. The van der Waals surface area contributed by atoms with Gasteiger partial charge in [-0.1, -0.05) is 0 Å². The largest absolute Gasteiger partial charge is 0.459 e. The highest BCUT2D eigenvalue weighted by atomic mass is 16.6. The van der Waals surface area contributed by atoms with E-state index >= 15 is 0 Å². The summed E-state index contributed by atoms with van der Waals surface area (Å²) in [6.45, 7) is 2.86. The Balaban J connectivity index is 1.87. The molecule has 5 nitrogen and oxygen atoms in total. The van der Waals surface area contributed by atoms with Crippen LogP contribution < -0.4 is 0 Å². The Labute approximate surface area is 106 Å². The van der Waals surface area contributed by atoms with E-state index in [4.69, 9.17) is 14.2 Å².